The Labute approximate surface area is 230 Å². The Hall–Kier alpha value is -3.36. The van der Waals surface area contributed by atoms with Crippen molar-refractivity contribution in [2.45, 2.75) is 51.1 Å². The number of benzene rings is 3. The Morgan fingerprint density at radius 2 is 1.58 bits per heavy atom. The lowest BCUT2D eigenvalue weighted by Crippen LogP contribution is -2.52. The molecule has 1 atom stereocenters. The number of hydrogen-bond acceptors (Lipinski definition) is 4. The van der Waals surface area contributed by atoms with Gasteiger partial charge in [0.25, 0.3) is 10.0 Å². The molecule has 0 radical (unpaired) electrons. The smallest absolute Gasteiger partial charge is 0.264 e. The maximum Gasteiger partial charge on any atom is 0.264 e. The van der Waals surface area contributed by atoms with E-state index in [1.54, 1.807) is 43.3 Å². The molecule has 1 N–H and O–H groups in total. The standard InChI is InChI=1S/C29H34ClN3O4S/c1-4-18-31-29(35)26(5-2)32(20-23-12-8-6-9-13-23)28(34)21-33(27-17-16-24(30)19-22(27)3)38(36,37)25-14-10-7-11-15-25/h6-17,19,26H,4-5,18,20-21H2,1-3H3,(H,31,35)/t26-/m1/s1. The second-order valence-corrected chi connectivity index (χ2v) is 11.3. The Kier molecular flexibility index (Phi) is 10.3. The SMILES string of the molecule is CCCNC(=O)[C@@H](CC)N(Cc1ccccc1)C(=O)CN(c1ccc(Cl)cc1C)S(=O)(=O)c1ccccc1. The molecule has 0 spiro atoms. The van der Waals surface area contributed by atoms with E-state index in [-0.39, 0.29) is 17.3 Å². The van der Waals surface area contributed by atoms with Crippen LogP contribution in [-0.2, 0) is 26.2 Å². The van der Waals surface area contributed by atoms with Crippen molar-refractivity contribution in [3.05, 3.63) is 95.0 Å². The van der Waals surface area contributed by atoms with Crippen molar-refractivity contribution in [3.63, 3.8) is 0 Å². The molecule has 0 aliphatic carbocycles. The normalized spacial score (nSPS) is 12.0. The molecule has 0 heterocycles. The minimum Gasteiger partial charge on any atom is -0.354 e. The summed E-state index contributed by atoms with van der Waals surface area (Å²) in [6.07, 6.45) is 1.13. The first-order chi connectivity index (χ1) is 18.2. The van der Waals surface area contributed by atoms with E-state index in [9.17, 15) is 18.0 Å². The summed E-state index contributed by atoms with van der Waals surface area (Å²) in [5, 5.41) is 3.34. The van der Waals surface area contributed by atoms with Crippen LogP contribution in [-0.4, -0.2) is 44.3 Å². The fraction of sp³-hybridized carbons (Fsp3) is 0.310. The van der Waals surface area contributed by atoms with Crippen LogP contribution in [0.1, 0.15) is 37.8 Å². The van der Waals surface area contributed by atoms with E-state index in [2.05, 4.69) is 5.32 Å². The third-order valence-corrected chi connectivity index (χ3v) is 8.18. The number of amides is 2. The molecular weight excluding hydrogens is 522 g/mol. The van der Waals surface area contributed by atoms with Gasteiger partial charge in [0.15, 0.2) is 0 Å². The van der Waals surface area contributed by atoms with E-state index in [0.29, 0.717) is 29.2 Å². The summed E-state index contributed by atoms with van der Waals surface area (Å²) >= 11 is 6.15. The summed E-state index contributed by atoms with van der Waals surface area (Å²) < 4.78 is 28.8. The van der Waals surface area contributed by atoms with E-state index in [0.717, 1.165) is 16.3 Å². The fourth-order valence-electron chi connectivity index (χ4n) is 4.20. The van der Waals surface area contributed by atoms with Crippen LogP contribution in [0.15, 0.2) is 83.8 Å². The molecule has 202 valence electrons. The third kappa shape index (κ3) is 7.14. The monoisotopic (exact) mass is 555 g/mol. The zero-order valence-electron chi connectivity index (χ0n) is 21.9. The van der Waals surface area contributed by atoms with Crippen molar-refractivity contribution in [1.82, 2.24) is 10.2 Å². The van der Waals surface area contributed by atoms with Crippen LogP contribution < -0.4 is 9.62 Å². The number of carbonyl (C=O) groups is 2. The van der Waals surface area contributed by atoms with Gasteiger partial charge in [-0.15, -0.1) is 0 Å². The molecule has 3 aromatic carbocycles. The van der Waals surface area contributed by atoms with Crippen molar-refractivity contribution in [3.8, 4) is 0 Å². The van der Waals surface area contributed by atoms with Gasteiger partial charge in [0, 0.05) is 18.1 Å². The van der Waals surface area contributed by atoms with Gasteiger partial charge in [-0.25, -0.2) is 8.42 Å². The topological polar surface area (TPSA) is 86.8 Å². The van der Waals surface area contributed by atoms with Gasteiger partial charge in [0.2, 0.25) is 11.8 Å². The number of nitrogens with one attached hydrogen (secondary N) is 1. The van der Waals surface area contributed by atoms with Gasteiger partial charge in [-0.3, -0.25) is 13.9 Å². The van der Waals surface area contributed by atoms with Gasteiger partial charge in [-0.2, -0.15) is 0 Å². The van der Waals surface area contributed by atoms with Crippen molar-refractivity contribution in [1.29, 1.82) is 0 Å². The van der Waals surface area contributed by atoms with Crippen LogP contribution in [0.2, 0.25) is 5.02 Å². The highest BCUT2D eigenvalue weighted by atomic mass is 35.5. The predicted octanol–water partition coefficient (Wildman–Crippen LogP) is 5.18. The first-order valence-corrected chi connectivity index (χ1v) is 14.5. The molecule has 0 aliphatic rings. The average molecular weight is 556 g/mol. The van der Waals surface area contributed by atoms with Gasteiger partial charge in [-0.05, 0) is 61.2 Å². The molecule has 2 amide bonds. The summed E-state index contributed by atoms with van der Waals surface area (Å²) in [6.45, 7) is 5.70. The number of carbonyl (C=O) groups excluding carboxylic acids is 2. The molecule has 3 aromatic rings. The molecule has 9 heteroatoms. The van der Waals surface area contributed by atoms with Gasteiger partial charge >= 0.3 is 0 Å². The lowest BCUT2D eigenvalue weighted by atomic mass is 10.1. The van der Waals surface area contributed by atoms with Gasteiger partial charge in [0.05, 0.1) is 10.6 Å². The quantitative estimate of drug-likeness (QED) is 0.334. The first kappa shape index (κ1) is 29.2. The molecule has 38 heavy (non-hydrogen) atoms. The number of nitrogens with zero attached hydrogens (tertiary/aromatic N) is 2. The average Bonchev–Trinajstić information content (AvgIpc) is 2.91. The number of hydrogen-bond donors (Lipinski definition) is 1. The van der Waals surface area contributed by atoms with Crippen LogP contribution >= 0.6 is 11.6 Å². The van der Waals surface area contributed by atoms with Crippen LogP contribution in [0, 0.1) is 6.92 Å². The highest BCUT2D eigenvalue weighted by molar-refractivity contribution is 7.92. The van der Waals surface area contributed by atoms with Crippen molar-refractivity contribution < 1.29 is 18.0 Å². The van der Waals surface area contributed by atoms with E-state index < -0.39 is 28.5 Å². The van der Waals surface area contributed by atoms with Gasteiger partial charge in [-0.1, -0.05) is 74.0 Å². The molecule has 0 saturated heterocycles. The van der Waals surface area contributed by atoms with E-state index in [1.807, 2.05) is 44.2 Å². The Bertz CT molecular complexity index is 1330. The Balaban J connectivity index is 2.06. The largest absolute Gasteiger partial charge is 0.354 e. The summed E-state index contributed by atoms with van der Waals surface area (Å²) in [5.74, 6) is -0.750. The summed E-state index contributed by atoms with van der Waals surface area (Å²) in [4.78, 5) is 28.6. The van der Waals surface area contributed by atoms with Crippen LogP contribution in [0.3, 0.4) is 0 Å². The van der Waals surface area contributed by atoms with Gasteiger partial charge < -0.3 is 10.2 Å². The molecular formula is C29H34ClN3O4S. The number of halogens is 1. The predicted molar refractivity (Wildman–Crippen MR) is 152 cm³/mol. The lowest BCUT2D eigenvalue weighted by Gasteiger charge is -2.33. The van der Waals surface area contributed by atoms with Crippen molar-refractivity contribution in [2.75, 3.05) is 17.4 Å². The highest BCUT2D eigenvalue weighted by Crippen LogP contribution is 2.29. The number of rotatable bonds is 12. The molecule has 0 unspecified atom stereocenters. The molecule has 0 aliphatic heterocycles. The third-order valence-electron chi connectivity index (χ3n) is 6.17. The molecule has 0 bridgehead atoms. The van der Waals surface area contributed by atoms with E-state index in [1.165, 1.54) is 17.0 Å². The maximum atomic E-state index is 14.0. The number of sulfonamides is 1. The first-order valence-electron chi connectivity index (χ1n) is 12.6. The van der Waals surface area contributed by atoms with Crippen LogP contribution in [0.4, 0.5) is 5.69 Å². The summed E-state index contributed by atoms with van der Waals surface area (Å²) in [6, 6.07) is 21.4. The minimum atomic E-state index is -4.12. The van der Waals surface area contributed by atoms with Gasteiger partial charge in [0.1, 0.15) is 12.6 Å². The molecule has 0 saturated carbocycles. The summed E-state index contributed by atoms with van der Waals surface area (Å²) in [7, 11) is -4.12. The van der Waals surface area contributed by atoms with E-state index >= 15 is 0 Å². The second kappa shape index (κ2) is 13.4. The second-order valence-electron chi connectivity index (χ2n) is 8.98. The Morgan fingerprint density at radius 3 is 2.16 bits per heavy atom. The van der Waals surface area contributed by atoms with E-state index in [4.69, 9.17) is 11.6 Å². The number of aryl methyl sites for hydroxylation is 1. The zero-order valence-corrected chi connectivity index (χ0v) is 23.5. The van der Waals surface area contributed by atoms with Crippen molar-refractivity contribution in [2.24, 2.45) is 0 Å². The maximum absolute atomic E-state index is 14.0. The van der Waals surface area contributed by atoms with Crippen molar-refractivity contribution >= 4 is 39.1 Å². The van der Waals surface area contributed by atoms with Crippen LogP contribution in [0.5, 0.6) is 0 Å². The zero-order chi connectivity index (χ0) is 27.7. The molecule has 0 aromatic heterocycles. The molecule has 0 fully saturated rings. The number of anilines is 1. The molecule has 3 rings (SSSR count). The highest BCUT2D eigenvalue weighted by Gasteiger charge is 2.34. The summed E-state index contributed by atoms with van der Waals surface area (Å²) in [5.41, 5.74) is 1.78. The minimum absolute atomic E-state index is 0.0597. The fourth-order valence-corrected chi connectivity index (χ4v) is 5.92. The Morgan fingerprint density at radius 1 is 0.947 bits per heavy atom. The lowest BCUT2D eigenvalue weighted by molar-refractivity contribution is -0.140. The van der Waals surface area contributed by atoms with Crippen LogP contribution in [0.25, 0.3) is 0 Å². The molecule has 7 nitrogen and oxygen atoms in total.